The molecule has 1 aromatic carbocycles. The lowest BCUT2D eigenvalue weighted by molar-refractivity contribution is -0.121. The number of aliphatic hydroxyl groups excluding tert-OH is 2. The third kappa shape index (κ3) is 5.29. The van der Waals surface area contributed by atoms with Crippen molar-refractivity contribution >= 4 is 0 Å². The summed E-state index contributed by atoms with van der Waals surface area (Å²) in [5.41, 5.74) is 1.06. The highest BCUT2D eigenvalue weighted by Gasteiger charge is 2.50. The Morgan fingerprint density at radius 2 is 2.00 bits per heavy atom. The maximum atomic E-state index is 14.1. The Hall–Kier alpha value is -1.08. The zero-order chi connectivity index (χ0) is 20.1. The van der Waals surface area contributed by atoms with E-state index in [1.807, 2.05) is 37.3 Å². The second kappa shape index (κ2) is 9.61. The Morgan fingerprint density at radius 1 is 1.25 bits per heavy atom. The van der Waals surface area contributed by atoms with Gasteiger partial charge in [0.05, 0.1) is 18.8 Å². The summed E-state index contributed by atoms with van der Waals surface area (Å²) in [6.07, 6.45) is -0.200. The fourth-order valence-electron chi connectivity index (χ4n) is 4.61. The minimum Gasteiger partial charge on any atom is -0.387 e. The maximum Gasteiger partial charge on any atom is 0.273 e. The fourth-order valence-corrected chi connectivity index (χ4v) is 4.61. The molecule has 28 heavy (non-hydrogen) atoms. The van der Waals surface area contributed by atoms with Crippen LogP contribution in [0.15, 0.2) is 30.3 Å². The molecule has 0 aromatic heterocycles. The number of benzene rings is 1. The molecule has 158 valence electrons. The van der Waals surface area contributed by atoms with Crippen LogP contribution < -0.4 is 0 Å². The number of ether oxygens (including phenoxy) is 2. The summed E-state index contributed by atoms with van der Waals surface area (Å²) in [7, 11) is 0. The highest BCUT2D eigenvalue weighted by atomic mass is 19.3. The van der Waals surface area contributed by atoms with Crippen LogP contribution >= 0.6 is 0 Å². The largest absolute Gasteiger partial charge is 0.387 e. The Morgan fingerprint density at radius 3 is 2.71 bits per heavy atom. The van der Waals surface area contributed by atoms with E-state index in [0.717, 1.165) is 5.56 Å². The van der Waals surface area contributed by atoms with Crippen molar-refractivity contribution in [1.29, 1.82) is 0 Å². The Labute approximate surface area is 165 Å². The van der Waals surface area contributed by atoms with E-state index < -0.39 is 18.3 Å². The van der Waals surface area contributed by atoms with Gasteiger partial charge in [-0.1, -0.05) is 43.7 Å². The van der Waals surface area contributed by atoms with Gasteiger partial charge in [0.1, 0.15) is 6.10 Å². The van der Waals surface area contributed by atoms with Crippen molar-refractivity contribution in [3.8, 4) is 0 Å². The summed E-state index contributed by atoms with van der Waals surface area (Å²) in [6.45, 7) is 2.32. The number of aliphatic hydroxyl groups is 2. The molecule has 2 N–H and O–H groups in total. The lowest BCUT2D eigenvalue weighted by atomic mass is 9.86. The molecule has 1 heterocycles. The second-order valence-electron chi connectivity index (χ2n) is 8.22. The molecule has 6 heteroatoms. The van der Waals surface area contributed by atoms with Gasteiger partial charge in [-0.25, -0.2) is 8.78 Å². The molecule has 0 bridgehead atoms. The molecule has 1 aliphatic heterocycles. The van der Waals surface area contributed by atoms with Crippen LogP contribution in [0.25, 0.3) is 0 Å². The first kappa shape index (κ1) is 21.6. The molecule has 2 aliphatic rings. The average Bonchev–Trinajstić information content (AvgIpc) is 3.19. The Kier molecular flexibility index (Phi) is 7.42. The van der Waals surface area contributed by atoms with E-state index in [1.54, 1.807) is 0 Å². The number of hydrogen-bond acceptors (Lipinski definition) is 4. The normalized spacial score (nSPS) is 31.1. The first-order valence-corrected chi connectivity index (χ1v) is 10.5. The van der Waals surface area contributed by atoms with E-state index in [9.17, 15) is 19.0 Å². The van der Waals surface area contributed by atoms with Gasteiger partial charge in [-0.2, -0.15) is 0 Å². The number of halogens is 2. The number of alkyl halides is 2. The summed E-state index contributed by atoms with van der Waals surface area (Å²) in [6, 6.07) is 9.83. The lowest BCUT2D eigenvalue weighted by Crippen LogP contribution is -2.35. The van der Waals surface area contributed by atoms with E-state index in [0.29, 0.717) is 38.7 Å². The number of rotatable bonds is 10. The topological polar surface area (TPSA) is 58.9 Å². The van der Waals surface area contributed by atoms with Crippen LogP contribution in [0.2, 0.25) is 0 Å². The monoisotopic (exact) mass is 398 g/mol. The van der Waals surface area contributed by atoms with E-state index in [1.165, 1.54) is 0 Å². The van der Waals surface area contributed by atoms with Crippen LogP contribution in [0.4, 0.5) is 8.78 Å². The molecule has 0 spiro atoms. The Balaban J connectivity index is 1.59. The smallest absolute Gasteiger partial charge is 0.273 e. The minimum atomic E-state index is -3.06. The van der Waals surface area contributed by atoms with E-state index in [-0.39, 0.29) is 36.9 Å². The molecule has 0 radical (unpaired) electrons. The van der Waals surface area contributed by atoms with Crippen molar-refractivity contribution in [2.24, 2.45) is 11.8 Å². The zero-order valence-corrected chi connectivity index (χ0v) is 16.5. The van der Waals surface area contributed by atoms with Gasteiger partial charge < -0.3 is 19.7 Å². The van der Waals surface area contributed by atoms with Gasteiger partial charge in [0.25, 0.3) is 5.92 Å². The van der Waals surface area contributed by atoms with Gasteiger partial charge in [0.15, 0.2) is 6.29 Å². The van der Waals surface area contributed by atoms with E-state index >= 15 is 0 Å². The van der Waals surface area contributed by atoms with Gasteiger partial charge in [0, 0.05) is 19.3 Å². The summed E-state index contributed by atoms with van der Waals surface area (Å²) < 4.78 is 40.0. The summed E-state index contributed by atoms with van der Waals surface area (Å²) in [5, 5.41) is 19.9. The van der Waals surface area contributed by atoms with Gasteiger partial charge in [-0.3, -0.25) is 0 Å². The minimum absolute atomic E-state index is 0.00230. The van der Waals surface area contributed by atoms with Crippen LogP contribution in [-0.2, 0) is 16.1 Å². The molecule has 1 saturated heterocycles. The molecular formula is C22H32F2O4. The SMILES string of the molecule is CCCCC(F)(F)C(O)CC[C@@H]1[C@H]2CC(O)O[C@H]2C[C@H]1OCc1ccccc1. The molecule has 6 atom stereocenters. The molecule has 2 fully saturated rings. The van der Waals surface area contributed by atoms with E-state index in [2.05, 4.69) is 0 Å². The average molecular weight is 398 g/mol. The van der Waals surface area contributed by atoms with Gasteiger partial charge in [-0.15, -0.1) is 0 Å². The summed E-state index contributed by atoms with van der Waals surface area (Å²) in [5.74, 6) is -2.96. The van der Waals surface area contributed by atoms with Crippen LogP contribution in [0.3, 0.4) is 0 Å². The molecule has 1 aliphatic carbocycles. The van der Waals surface area contributed by atoms with E-state index in [4.69, 9.17) is 9.47 Å². The van der Waals surface area contributed by atoms with Crippen LogP contribution in [0.5, 0.6) is 0 Å². The quantitative estimate of drug-likeness (QED) is 0.618. The number of hydrogen-bond donors (Lipinski definition) is 2. The van der Waals surface area contributed by atoms with Crippen LogP contribution in [0, 0.1) is 11.8 Å². The number of fused-ring (bicyclic) bond motifs is 1. The van der Waals surface area contributed by atoms with Crippen molar-refractivity contribution in [2.45, 2.75) is 89.0 Å². The van der Waals surface area contributed by atoms with Crippen molar-refractivity contribution in [2.75, 3.05) is 0 Å². The van der Waals surface area contributed by atoms with Crippen LogP contribution in [-0.4, -0.2) is 40.7 Å². The molecule has 1 aromatic rings. The lowest BCUT2D eigenvalue weighted by Gasteiger charge is -2.27. The number of unbranched alkanes of at least 4 members (excludes halogenated alkanes) is 1. The predicted molar refractivity (Wildman–Crippen MR) is 102 cm³/mol. The van der Waals surface area contributed by atoms with Gasteiger partial charge >= 0.3 is 0 Å². The molecule has 0 amide bonds. The summed E-state index contributed by atoms with van der Waals surface area (Å²) >= 11 is 0. The second-order valence-corrected chi connectivity index (χ2v) is 8.22. The predicted octanol–water partition coefficient (Wildman–Crippen LogP) is 4.28. The highest BCUT2D eigenvalue weighted by Crippen LogP contribution is 2.46. The van der Waals surface area contributed by atoms with Crippen molar-refractivity contribution in [3.05, 3.63) is 35.9 Å². The van der Waals surface area contributed by atoms with Crippen molar-refractivity contribution in [3.63, 3.8) is 0 Å². The molecule has 2 unspecified atom stereocenters. The molecule has 1 saturated carbocycles. The fraction of sp³-hybridized carbons (Fsp3) is 0.727. The van der Waals surface area contributed by atoms with Crippen LogP contribution in [0.1, 0.15) is 57.4 Å². The zero-order valence-electron chi connectivity index (χ0n) is 16.5. The van der Waals surface area contributed by atoms with Crippen molar-refractivity contribution in [1.82, 2.24) is 0 Å². The molecule has 3 rings (SSSR count). The third-order valence-electron chi connectivity index (χ3n) is 6.21. The molecular weight excluding hydrogens is 366 g/mol. The first-order chi connectivity index (χ1) is 13.4. The first-order valence-electron chi connectivity index (χ1n) is 10.5. The van der Waals surface area contributed by atoms with Gasteiger partial charge in [0.2, 0.25) is 0 Å². The standard InChI is InChI=1S/C22H32F2O4/c1-2-3-11-22(23,24)20(25)10-9-16-17-12-21(26)28-19(17)13-18(16)27-14-15-7-5-4-6-8-15/h4-8,16-21,25-26H,2-3,9-14H2,1H3/t16-,17-,18-,19+,20?,21?/m1/s1. The third-order valence-corrected chi connectivity index (χ3v) is 6.21. The molecule has 4 nitrogen and oxygen atoms in total. The highest BCUT2D eigenvalue weighted by molar-refractivity contribution is 5.13. The summed E-state index contributed by atoms with van der Waals surface area (Å²) in [4.78, 5) is 0. The van der Waals surface area contributed by atoms with Gasteiger partial charge in [-0.05, 0) is 36.7 Å². The Bertz CT molecular complexity index is 597. The van der Waals surface area contributed by atoms with Crippen molar-refractivity contribution < 1.29 is 28.5 Å². The maximum absolute atomic E-state index is 14.1.